The van der Waals surface area contributed by atoms with Gasteiger partial charge in [0.05, 0.1) is 5.56 Å². The van der Waals surface area contributed by atoms with Crippen molar-refractivity contribution in [3.05, 3.63) is 58.3 Å². The minimum atomic E-state index is -0.278. The normalized spacial score (nSPS) is 10.1. The van der Waals surface area contributed by atoms with Crippen molar-refractivity contribution in [2.24, 2.45) is 0 Å². The Morgan fingerprint density at radius 3 is 2.68 bits per heavy atom. The number of amides is 2. The van der Waals surface area contributed by atoms with Crippen LogP contribution in [0.2, 0.25) is 0 Å². The number of pyridine rings is 1. The van der Waals surface area contributed by atoms with Crippen LogP contribution in [-0.4, -0.2) is 23.3 Å². The Balaban J connectivity index is 2.10. The van der Waals surface area contributed by atoms with Crippen molar-refractivity contribution >= 4 is 33.4 Å². The summed E-state index contributed by atoms with van der Waals surface area (Å²) in [6.45, 7) is 2.61. The van der Waals surface area contributed by atoms with E-state index in [1.807, 2.05) is 6.92 Å². The lowest BCUT2D eigenvalue weighted by Crippen LogP contribution is -2.24. The molecule has 2 amide bonds. The van der Waals surface area contributed by atoms with Gasteiger partial charge in [0, 0.05) is 34.7 Å². The maximum Gasteiger partial charge on any atom is 0.257 e. The molecule has 0 aliphatic heterocycles. The van der Waals surface area contributed by atoms with E-state index in [0.29, 0.717) is 23.4 Å². The van der Waals surface area contributed by atoms with Gasteiger partial charge >= 0.3 is 0 Å². The molecule has 22 heavy (non-hydrogen) atoms. The van der Waals surface area contributed by atoms with E-state index in [9.17, 15) is 9.59 Å². The van der Waals surface area contributed by atoms with Crippen LogP contribution in [-0.2, 0) is 0 Å². The second kappa shape index (κ2) is 7.70. The first-order chi connectivity index (χ1) is 10.6. The van der Waals surface area contributed by atoms with Crippen molar-refractivity contribution in [3.8, 4) is 0 Å². The van der Waals surface area contributed by atoms with E-state index >= 15 is 0 Å². The lowest BCUT2D eigenvalue weighted by molar-refractivity contribution is 0.0952. The van der Waals surface area contributed by atoms with Crippen LogP contribution >= 0.6 is 15.9 Å². The molecule has 1 heterocycles. The Kier molecular flexibility index (Phi) is 5.66. The molecular formula is C16H16BrN3O2. The summed E-state index contributed by atoms with van der Waals surface area (Å²) in [6, 6.07) is 8.51. The first-order valence-electron chi connectivity index (χ1n) is 6.90. The lowest BCUT2D eigenvalue weighted by atomic mass is 10.1. The van der Waals surface area contributed by atoms with Crippen molar-refractivity contribution in [1.82, 2.24) is 10.3 Å². The first kappa shape index (κ1) is 16.2. The molecule has 2 rings (SSSR count). The third kappa shape index (κ3) is 4.39. The molecule has 0 unspecified atom stereocenters. The molecule has 0 aliphatic carbocycles. The zero-order valence-electron chi connectivity index (χ0n) is 12.1. The number of anilines is 1. The fourth-order valence-electron chi connectivity index (χ4n) is 1.82. The van der Waals surface area contributed by atoms with Crippen LogP contribution in [0.4, 0.5) is 5.69 Å². The van der Waals surface area contributed by atoms with Gasteiger partial charge in [-0.05, 0) is 46.6 Å². The van der Waals surface area contributed by atoms with Crippen molar-refractivity contribution < 1.29 is 9.59 Å². The van der Waals surface area contributed by atoms with Gasteiger partial charge in [0.2, 0.25) is 0 Å². The summed E-state index contributed by atoms with van der Waals surface area (Å²) >= 11 is 3.28. The van der Waals surface area contributed by atoms with Crippen LogP contribution in [0.1, 0.15) is 34.1 Å². The number of nitrogens with one attached hydrogen (secondary N) is 2. The highest BCUT2D eigenvalue weighted by Gasteiger charge is 2.09. The topological polar surface area (TPSA) is 71.1 Å². The van der Waals surface area contributed by atoms with Crippen LogP contribution in [0, 0.1) is 0 Å². The molecule has 0 saturated carbocycles. The van der Waals surface area contributed by atoms with E-state index < -0.39 is 0 Å². The standard InChI is InChI=1S/C16H16BrN3O2/c1-2-6-19-15(21)11-4-3-5-14(8-11)20-16(22)12-7-13(17)10-18-9-12/h3-5,7-10H,2,6H2,1H3,(H,19,21)(H,20,22). The van der Waals surface area contributed by atoms with Crippen LogP contribution < -0.4 is 10.6 Å². The van der Waals surface area contributed by atoms with Gasteiger partial charge in [-0.2, -0.15) is 0 Å². The minimum Gasteiger partial charge on any atom is -0.352 e. The van der Waals surface area contributed by atoms with Gasteiger partial charge in [0.1, 0.15) is 0 Å². The van der Waals surface area contributed by atoms with Gasteiger partial charge in [0.25, 0.3) is 11.8 Å². The second-order valence-corrected chi connectivity index (χ2v) is 5.60. The first-order valence-corrected chi connectivity index (χ1v) is 7.69. The summed E-state index contributed by atoms with van der Waals surface area (Å²) in [5, 5.41) is 5.56. The number of carbonyl (C=O) groups is 2. The van der Waals surface area contributed by atoms with Crippen molar-refractivity contribution in [2.45, 2.75) is 13.3 Å². The third-order valence-corrected chi connectivity index (χ3v) is 3.32. The molecule has 0 fully saturated rings. The molecule has 1 aromatic carbocycles. The van der Waals surface area contributed by atoms with Crippen LogP contribution in [0.3, 0.4) is 0 Å². The molecular weight excluding hydrogens is 346 g/mol. The second-order valence-electron chi connectivity index (χ2n) is 4.68. The van der Waals surface area contributed by atoms with Crippen LogP contribution in [0.15, 0.2) is 47.2 Å². The highest BCUT2D eigenvalue weighted by molar-refractivity contribution is 9.10. The smallest absolute Gasteiger partial charge is 0.257 e. The molecule has 0 radical (unpaired) electrons. The maximum absolute atomic E-state index is 12.1. The molecule has 6 heteroatoms. The Morgan fingerprint density at radius 1 is 1.14 bits per heavy atom. The van der Waals surface area contributed by atoms with Crippen LogP contribution in [0.25, 0.3) is 0 Å². The van der Waals surface area contributed by atoms with Gasteiger partial charge in [-0.3, -0.25) is 14.6 Å². The Bertz CT molecular complexity index is 689. The van der Waals surface area contributed by atoms with Gasteiger partial charge in [-0.1, -0.05) is 13.0 Å². The average Bonchev–Trinajstić information content (AvgIpc) is 2.52. The quantitative estimate of drug-likeness (QED) is 0.858. The largest absolute Gasteiger partial charge is 0.352 e. The van der Waals surface area contributed by atoms with E-state index in [1.165, 1.54) is 6.20 Å². The Hall–Kier alpha value is -2.21. The third-order valence-electron chi connectivity index (χ3n) is 2.89. The summed E-state index contributed by atoms with van der Waals surface area (Å²) in [6.07, 6.45) is 3.96. The monoisotopic (exact) mass is 361 g/mol. The summed E-state index contributed by atoms with van der Waals surface area (Å²) in [5.74, 6) is -0.429. The highest BCUT2D eigenvalue weighted by Crippen LogP contribution is 2.14. The average molecular weight is 362 g/mol. The molecule has 114 valence electrons. The molecule has 5 nitrogen and oxygen atoms in total. The molecule has 2 aromatic rings. The molecule has 1 aromatic heterocycles. The van der Waals surface area contributed by atoms with E-state index in [0.717, 1.165) is 10.9 Å². The van der Waals surface area contributed by atoms with Gasteiger partial charge in [-0.15, -0.1) is 0 Å². The molecule has 0 spiro atoms. The van der Waals surface area contributed by atoms with Crippen molar-refractivity contribution in [1.29, 1.82) is 0 Å². The number of hydrogen-bond acceptors (Lipinski definition) is 3. The Morgan fingerprint density at radius 2 is 1.95 bits per heavy atom. The van der Waals surface area contributed by atoms with Gasteiger partial charge < -0.3 is 10.6 Å². The van der Waals surface area contributed by atoms with E-state index in [1.54, 1.807) is 36.5 Å². The summed E-state index contributed by atoms with van der Waals surface area (Å²) in [4.78, 5) is 28.0. The van der Waals surface area contributed by atoms with Crippen LogP contribution in [0.5, 0.6) is 0 Å². The minimum absolute atomic E-state index is 0.151. The number of hydrogen-bond donors (Lipinski definition) is 2. The van der Waals surface area contributed by atoms with E-state index in [4.69, 9.17) is 0 Å². The zero-order chi connectivity index (χ0) is 15.9. The van der Waals surface area contributed by atoms with Crippen molar-refractivity contribution in [2.75, 3.05) is 11.9 Å². The van der Waals surface area contributed by atoms with E-state index in [-0.39, 0.29) is 11.8 Å². The fourth-order valence-corrected chi connectivity index (χ4v) is 2.18. The number of benzene rings is 1. The predicted octanol–water partition coefficient (Wildman–Crippen LogP) is 3.24. The molecule has 0 atom stereocenters. The van der Waals surface area contributed by atoms with Gasteiger partial charge in [0.15, 0.2) is 0 Å². The molecule has 0 bridgehead atoms. The van der Waals surface area contributed by atoms with Gasteiger partial charge in [-0.25, -0.2) is 0 Å². The molecule has 2 N–H and O–H groups in total. The Labute approximate surface area is 137 Å². The molecule has 0 aliphatic rings. The highest BCUT2D eigenvalue weighted by atomic mass is 79.9. The van der Waals surface area contributed by atoms with E-state index in [2.05, 4.69) is 31.5 Å². The zero-order valence-corrected chi connectivity index (χ0v) is 13.7. The summed E-state index contributed by atoms with van der Waals surface area (Å²) in [7, 11) is 0. The number of aromatic nitrogens is 1. The van der Waals surface area contributed by atoms with Crippen molar-refractivity contribution in [3.63, 3.8) is 0 Å². The number of carbonyl (C=O) groups excluding carboxylic acids is 2. The SMILES string of the molecule is CCCNC(=O)c1cccc(NC(=O)c2cncc(Br)c2)c1. The molecule has 0 saturated heterocycles. The fraction of sp³-hybridized carbons (Fsp3) is 0.188. The lowest BCUT2D eigenvalue weighted by Gasteiger charge is -2.08. The maximum atomic E-state index is 12.1. The summed E-state index contributed by atoms with van der Waals surface area (Å²) in [5.41, 5.74) is 1.52. The number of nitrogens with zero attached hydrogens (tertiary/aromatic N) is 1. The predicted molar refractivity (Wildman–Crippen MR) is 89.0 cm³/mol. The number of halogens is 1. The number of rotatable bonds is 5. The summed E-state index contributed by atoms with van der Waals surface area (Å²) < 4.78 is 0.729.